The quantitative estimate of drug-likeness (QED) is 0.494. The molecular formula is C20H21N5O3S2. The summed E-state index contributed by atoms with van der Waals surface area (Å²) in [6.07, 6.45) is 1.15. The highest BCUT2D eigenvalue weighted by Gasteiger charge is 2.11. The molecule has 0 bridgehead atoms. The Morgan fingerprint density at radius 2 is 1.60 bits per heavy atom. The Balaban J connectivity index is 1.69. The SMILES string of the molecule is COc1ccc(NC(=S)Nc2ccc(-c3nc(N)cc(CS(C)(=O)=O)n3)cc2)cc1. The number of hydrogen-bond acceptors (Lipinski definition) is 7. The summed E-state index contributed by atoms with van der Waals surface area (Å²) in [5.74, 6) is 1.14. The topological polar surface area (TPSA) is 119 Å². The summed E-state index contributed by atoms with van der Waals surface area (Å²) in [7, 11) is -1.62. The summed E-state index contributed by atoms with van der Waals surface area (Å²) in [6, 6.07) is 16.1. The predicted octanol–water partition coefficient (Wildman–Crippen LogP) is 3.09. The fourth-order valence-electron chi connectivity index (χ4n) is 2.66. The van der Waals surface area contributed by atoms with Crippen molar-refractivity contribution >= 4 is 44.4 Å². The van der Waals surface area contributed by atoms with Gasteiger partial charge in [0.05, 0.1) is 18.6 Å². The van der Waals surface area contributed by atoms with Crippen LogP contribution in [0.5, 0.6) is 5.75 Å². The Morgan fingerprint density at radius 3 is 2.13 bits per heavy atom. The van der Waals surface area contributed by atoms with E-state index in [0.717, 1.165) is 23.4 Å². The first-order valence-corrected chi connectivity index (χ1v) is 11.3. The minimum Gasteiger partial charge on any atom is -0.497 e. The number of rotatable bonds is 6. The second-order valence-corrected chi connectivity index (χ2v) is 9.11. The second-order valence-electron chi connectivity index (χ2n) is 6.56. The van der Waals surface area contributed by atoms with Crippen LogP contribution in [0.1, 0.15) is 5.69 Å². The Kier molecular flexibility index (Phi) is 6.48. The molecular weight excluding hydrogens is 422 g/mol. The third-order valence-corrected chi connectivity index (χ3v) is 4.98. The van der Waals surface area contributed by atoms with Gasteiger partial charge < -0.3 is 21.1 Å². The Morgan fingerprint density at radius 1 is 1.03 bits per heavy atom. The molecule has 10 heteroatoms. The van der Waals surface area contributed by atoms with Gasteiger partial charge in [0.25, 0.3) is 0 Å². The van der Waals surface area contributed by atoms with Crippen LogP contribution in [0, 0.1) is 0 Å². The van der Waals surface area contributed by atoms with E-state index in [1.54, 1.807) is 19.2 Å². The lowest BCUT2D eigenvalue weighted by molar-refractivity contribution is 0.415. The van der Waals surface area contributed by atoms with Gasteiger partial charge in [-0.15, -0.1) is 0 Å². The summed E-state index contributed by atoms with van der Waals surface area (Å²) in [4.78, 5) is 8.51. The van der Waals surface area contributed by atoms with E-state index in [0.29, 0.717) is 22.2 Å². The van der Waals surface area contributed by atoms with Crippen molar-refractivity contribution in [3.8, 4) is 17.1 Å². The molecule has 1 aromatic heterocycles. The van der Waals surface area contributed by atoms with E-state index in [9.17, 15) is 8.42 Å². The van der Waals surface area contributed by atoms with Crippen molar-refractivity contribution in [2.75, 3.05) is 29.7 Å². The number of ether oxygens (including phenoxy) is 1. The molecule has 3 rings (SSSR count). The third kappa shape index (κ3) is 6.13. The summed E-state index contributed by atoms with van der Waals surface area (Å²) in [6.45, 7) is 0. The number of hydrogen-bond donors (Lipinski definition) is 3. The van der Waals surface area contributed by atoms with Gasteiger partial charge in [-0.3, -0.25) is 0 Å². The molecule has 30 heavy (non-hydrogen) atoms. The van der Waals surface area contributed by atoms with Crippen molar-refractivity contribution in [3.05, 3.63) is 60.3 Å². The summed E-state index contributed by atoms with van der Waals surface area (Å²) >= 11 is 5.34. The lowest BCUT2D eigenvalue weighted by Crippen LogP contribution is -2.18. The van der Waals surface area contributed by atoms with Gasteiger partial charge in [0.2, 0.25) is 0 Å². The zero-order chi connectivity index (χ0) is 21.7. The van der Waals surface area contributed by atoms with Crippen molar-refractivity contribution in [2.24, 2.45) is 0 Å². The van der Waals surface area contributed by atoms with Crippen molar-refractivity contribution in [1.82, 2.24) is 9.97 Å². The van der Waals surface area contributed by atoms with Crippen LogP contribution in [-0.2, 0) is 15.6 Å². The highest BCUT2D eigenvalue weighted by Crippen LogP contribution is 2.21. The average molecular weight is 444 g/mol. The molecule has 0 aliphatic rings. The molecule has 0 spiro atoms. The molecule has 0 amide bonds. The second kappa shape index (κ2) is 9.06. The molecule has 8 nitrogen and oxygen atoms in total. The van der Waals surface area contributed by atoms with E-state index >= 15 is 0 Å². The van der Waals surface area contributed by atoms with Crippen LogP contribution in [-0.4, -0.2) is 36.9 Å². The standard InChI is InChI=1S/C20H21N5O3S2/c1-28-17-9-7-15(8-10-17)24-20(29)23-14-5-3-13(4-6-14)19-22-16(11-18(21)25-19)12-30(2,26)27/h3-11H,12H2,1-2H3,(H2,21,22,25)(H2,23,24,29). The average Bonchev–Trinajstić information content (AvgIpc) is 2.67. The summed E-state index contributed by atoms with van der Waals surface area (Å²) < 4.78 is 28.2. The van der Waals surface area contributed by atoms with Gasteiger partial charge in [-0.2, -0.15) is 0 Å². The van der Waals surface area contributed by atoms with E-state index in [1.165, 1.54) is 6.07 Å². The molecule has 0 atom stereocenters. The van der Waals surface area contributed by atoms with E-state index in [-0.39, 0.29) is 11.6 Å². The molecule has 0 fully saturated rings. The first-order chi connectivity index (χ1) is 14.2. The molecule has 0 saturated heterocycles. The minimum absolute atomic E-state index is 0.197. The lowest BCUT2D eigenvalue weighted by Gasteiger charge is -2.11. The Labute approximate surface area is 180 Å². The van der Waals surface area contributed by atoms with Gasteiger partial charge in [-0.05, 0) is 60.7 Å². The van der Waals surface area contributed by atoms with Crippen LogP contribution in [0.4, 0.5) is 17.2 Å². The van der Waals surface area contributed by atoms with Gasteiger partial charge in [-0.25, -0.2) is 18.4 Å². The fourth-order valence-corrected chi connectivity index (χ4v) is 3.58. The van der Waals surface area contributed by atoms with Gasteiger partial charge in [-0.1, -0.05) is 0 Å². The fraction of sp³-hybridized carbons (Fsp3) is 0.150. The maximum atomic E-state index is 11.5. The normalized spacial score (nSPS) is 11.0. The third-order valence-electron chi connectivity index (χ3n) is 3.96. The summed E-state index contributed by atoms with van der Waals surface area (Å²) in [5.41, 5.74) is 8.47. The number of sulfone groups is 1. The van der Waals surface area contributed by atoms with Crippen LogP contribution in [0.2, 0.25) is 0 Å². The van der Waals surface area contributed by atoms with Gasteiger partial charge >= 0.3 is 0 Å². The number of benzene rings is 2. The maximum Gasteiger partial charge on any atom is 0.175 e. The predicted molar refractivity (Wildman–Crippen MR) is 123 cm³/mol. The number of anilines is 3. The first-order valence-electron chi connectivity index (χ1n) is 8.85. The molecule has 3 aromatic rings. The van der Waals surface area contributed by atoms with Gasteiger partial charge in [0.1, 0.15) is 11.6 Å². The monoisotopic (exact) mass is 443 g/mol. The minimum atomic E-state index is -3.23. The number of nitrogens with zero attached hydrogens (tertiary/aromatic N) is 2. The number of nitrogens with two attached hydrogens (primary N) is 1. The van der Waals surface area contributed by atoms with E-state index in [2.05, 4.69) is 20.6 Å². The molecule has 2 aromatic carbocycles. The zero-order valence-electron chi connectivity index (χ0n) is 16.4. The van der Waals surface area contributed by atoms with Crippen molar-refractivity contribution in [1.29, 1.82) is 0 Å². The molecule has 156 valence electrons. The Hall–Kier alpha value is -3.24. The zero-order valence-corrected chi connectivity index (χ0v) is 18.0. The molecule has 0 saturated carbocycles. The number of nitrogen functional groups attached to an aromatic ring is 1. The van der Waals surface area contributed by atoms with Crippen molar-refractivity contribution in [3.63, 3.8) is 0 Å². The van der Waals surface area contributed by atoms with Crippen LogP contribution < -0.4 is 21.1 Å². The van der Waals surface area contributed by atoms with Gasteiger partial charge in [0.15, 0.2) is 20.8 Å². The number of nitrogens with one attached hydrogen (secondary N) is 2. The van der Waals surface area contributed by atoms with Crippen LogP contribution in [0.3, 0.4) is 0 Å². The van der Waals surface area contributed by atoms with E-state index < -0.39 is 9.84 Å². The molecule has 0 aliphatic heterocycles. The molecule has 0 radical (unpaired) electrons. The largest absolute Gasteiger partial charge is 0.497 e. The van der Waals surface area contributed by atoms with Gasteiger partial charge in [0, 0.05) is 29.3 Å². The van der Waals surface area contributed by atoms with Crippen LogP contribution in [0.25, 0.3) is 11.4 Å². The van der Waals surface area contributed by atoms with E-state index in [4.69, 9.17) is 22.7 Å². The molecule has 0 unspecified atom stereocenters. The van der Waals surface area contributed by atoms with Crippen molar-refractivity contribution in [2.45, 2.75) is 5.75 Å². The number of aromatic nitrogens is 2. The Bertz CT molecular complexity index is 1150. The lowest BCUT2D eigenvalue weighted by atomic mass is 10.2. The summed E-state index contributed by atoms with van der Waals surface area (Å²) in [5, 5.41) is 6.62. The molecule has 0 aliphatic carbocycles. The highest BCUT2D eigenvalue weighted by atomic mass is 32.2. The highest BCUT2D eigenvalue weighted by molar-refractivity contribution is 7.89. The molecule has 4 N–H and O–H groups in total. The van der Waals surface area contributed by atoms with Crippen LogP contribution in [0.15, 0.2) is 54.6 Å². The van der Waals surface area contributed by atoms with E-state index in [1.807, 2.05) is 36.4 Å². The molecule has 1 heterocycles. The maximum absolute atomic E-state index is 11.5. The first kappa shape index (κ1) is 21.5. The van der Waals surface area contributed by atoms with Crippen molar-refractivity contribution < 1.29 is 13.2 Å². The smallest absolute Gasteiger partial charge is 0.175 e. The number of thiocarbonyl (C=S) groups is 1. The number of methoxy groups -OCH3 is 1. The van der Waals surface area contributed by atoms with Crippen LogP contribution >= 0.6 is 12.2 Å².